The van der Waals surface area contributed by atoms with E-state index >= 15 is 0 Å². The molecule has 156 valence electrons. The summed E-state index contributed by atoms with van der Waals surface area (Å²) in [6.07, 6.45) is 2.60. The van der Waals surface area contributed by atoms with E-state index < -0.39 is 11.8 Å². The van der Waals surface area contributed by atoms with E-state index in [-0.39, 0.29) is 18.2 Å². The second kappa shape index (κ2) is 9.55. The van der Waals surface area contributed by atoms with Crippen molar-refractivity contribution in [1.29, 1.82) is 0 Å². The zero-order valence-corrected chi connectivity index (χ0v) is 16.5. The van der Waals surface area contributed by atoms with Crippen LogP contribution in [0.1, 0.15) is 11.5 Å². The van der Waals surface area contributed by atoms with Gasteiger partial charge in [-0.1, -0.05) is 11.2 Å². The molecule has 0 bridgehead atoms. The monoisotopic (exact) mass is 414 g/mol. The molecule has 2 aromatic carbocycles. The Balaban J connectivity index is 1.60. The van der Waals surface area contributed by atoms with Crippen LogP contribution in [0.2, 0.25) is 0 Å². The Morgan fingerprint density at radius 3 is 2.47 bits per heavy atom. The van der Waals surface area contributed by atoms with Crippen LogP contribution < -0.4 is 14.2 Å². The molecular formula is C21H19FN2O6. The summed E-state index contributed by atoms with van der Waals surface area (Å²) in [5, 5.41) is 3.87. The third kappa shape index (κ3) is 4.93. The van der Waals surface area contributed by atoms with Gasteiger partial charge in [0.1, 0.15) is 0 Å². The van der Waals surface area contributed by atoms with Gasteiger partial charge in [0.2, 0.25) is 5.82 Å². The summed E-state index contributed by atoms with van der Waals surface area (Å²) in [7, 11) is 4.44. The van der Waals surface area contributed by atoms with Gasteiger partial charge in [-0.25, -0.2) is 9.18 Å². The first kappa shape index (κ1) is 20.8. The van der Waals surface area contributed by atoms with Crippen molar-refractivity contribution < 1.29 is 32.7 Å². The van der Waals surface area contributed by atoms with Crippen LogP contribution in [0, 0.1) is 5.82 Å². The summed E-state index contributed by atoms with van der Waals surface area (Å²) >= 11 is 0. The highest BCUT2D eigenvalue weighted by Crippen LogP contribution is 2.31. The molecule has 1 aromatic heterocycles. The van der Waals surface area contributed by atoms with Crippen LogP contribution in [0.5, 0.6) is 17.2 Å². The highest BCUT2D eigenvalue weighted by atomic mass is 19.1. The Hall–Kier alpha value is -3.88. The molecule has 9 heteroatoms. The molecule has 0 amide bonds. The van der Waals surface area contributed by atoms with Crippen molar-refractivity contribution in [1.82, 2.24) is 10.1 Å². The van der Waals surface area contributed by atoms with Gasteiger partial charge in [0.15, 0.2) is 29.7 Å². The van der Waals surface area contributed by atoms with Crippen LogP contribution in [-0.4, -0.2) is 37.4 Å². The molecule has 8 nitrogen and oxygen atoms in total. The molecule has 3 aromatic rings. The maximum absolute atomic E-state index is 13.7. The van der Waals surface area contributed by atoms with Crippen molar-refractivity contribution >= 4 is 12.0 Å². The molecule has 0 spiro atoms. The Kier molecular flexibility index (Phi) is 6.63. The molecule has 0 unspecified atom stereocenters. The first-order valence-electron chi connectivity index (χ1n) is 8.77. The fourth-order valence-corrected chi connectivity index (χ4v) is 2.54. The highest BCUT2D eigenvalue weighted by Gasteiger charge is 2.13. The lowest BCUT2D eigenvalue weighted by molar-refractivity contribution is -0.139. The minimum atomic E-state index is -0.642. The van der Waals surface area contributed by atoms with E-state index in [1.165, 1.54) is 45.6 Å². The summed E-state index contributed by atoms with van der Waals surface area (Å²) < 4.78 is 39.1. The molecule has 0 atom stereocenters. The summed E-state index contributed by atoms with van der Waals surface area (Å²) in [6, 6.07) is 9.50. The number of hydrogen-bond acceptors (Lipinski definition) is 8. The van der Waals surface area contributed by atoms with Crippen LogP contribution >= 0.6 is 0 Å². The van der Waals surface area contributed by atoms with Crippen LogP contribution in [0.4, 0.5) is 4.39 Å². The van der Waals surface area contributed by atoms with Crippen molar-refractivity contribution in [3.8, 4) is 28.6 Å². The predicted molar refractivity (Wildman–Crippen MR) is 105 cm³/mol. The van der Waals surface area contributed by atoms with Crippen LogP contribution in [0.25, 0.3) is 17.5 Å². The Bertz CT molecular complexity index is 1060. The summed E-state index contributed by atoms with van der Waals surface area (Å²) in [6.45, 7) is -0.208. The molecule has 0 aliphatic rings. The van der Waals surface area contributed by atoms with E-state index in [4.69, 9.17) is 23.5 Å². The first-order valence-corrected chi connectivity index (χ1v) is 8.77. The van der Waals surface area contributed by atoms with Crippen molar-refractivity contribution in [3.63, 3.8) is 0 Å². The van der Waals surface area contributed by atoms with E-state index in [0.717, 1.165) is 0 Å². The summed E-state index contributed by atoms with van der Waals surface area (Å²) in [5.74, 6) is 0.480. The van der Waals surface area contributed by atoms with E-state index in [1.54, 1.807) is 24.3 Å². The minimum Gasteiger partial charge on any atom is -0.494 e. The zero-order chi connectivity index (χ0) is 21.5. The largest absolute Gasteiger partial charge is 0.494 e. The zero-order valence-electron chi connectivity index (χ0n) is 16.5. The molecule has 0 aliphatic heterocycles. The SMILES string of the molecule is COc1ccc(/C=C/C(=O)OCc2nc(-c3ccc(OC)c(OC)c3)no2)cc1F. The third-order valence-corrected chi connectivity index (χ3v) is 4.04. The number of methoxy groups -OCH3 is 3. The van der Waals surface area contributed by atoms with Gasteiger partial charge in [0.05, 0.1) is 21.3 Å². The van der Waals surface area contributed by atoms with E-state index in [1.807, 2.05) is 0 Å². The van der Waals surface area contributed by atoms with E-state index in [2.05, 4.69) is 10.1 Å². The Morgan fingerprint density at radius 1 is 1.03 bits per heavy atom. The Morgan fingerprint density at radius 2 is 1.77 bits per heavy atom. The molecule has 30 heavy (non-hydrogen) atoms. The van der Waals surface area contributed by atoms with Gasteiger partial charge in [-0.2, -0.15) is 4.98 Å². The van der Waals surface area contributed by atoms with Gasteiger partial charge >= 0.3 is 5.97 Å². The molecule has 1 heterocycles. The van der Waals surface area contributed by atoms with Crippen LogP contribution in [0.15, 0.2) is 47.0 Å². The predicted octanol–water partition coefficient (Wildman–Crippen LogP) is 3.66. The number of halogens is 1. The number of rotatable bonds is 8. The lowest BCUT2D eigenvalue weighted by atomic mass is 10.2. The number of carbonyl (C=O) groups is 1. The number of benzene rings is 2. The van der Waals surface area contributed by atoms with Gasteiger partial charge in [-0.05, 0) is 42.0 Å². The third-order valence-electron chi connectivity index (χ3n) is 4.04. The molecule has 0 saturated heterocycles. The summed E-state index contributed by atoms with van der Waals surface area (Å²) in [5.41, 5.74) is 1.13. The number of esters is 1. The van der Waals surface area contributed by atoms with Crippen LogP contribution in [-0.2, 0) is 16.1 Å². The highest BCUT2D eigenvalue weighted by molar-refractivity contribution is 5.87. The standard InChI is InChI=1S/C21H19FN2O6/c1-26-16-7-4-13(10-15(16)22)5-9-20(25)29-12-19-23-21(24-30-19)14-6-8-17(27-2)18(11-14)28-3/h4-11H,12H2,1-3H3/b9-5+. The molecule has 0 fully saturated rings. The average Bonchev–Trinajstić information content (AvgIpc) is 3.25. The Labute approximate surface area is 171 Å². The molecule has 0 radical (unpaired) electrons. The number of nitrogens with zero attached hydrogens (tertiary/aromatic N) is 2. The smallest absolute Gasteiger partial charge is 0.331 e. The average molecular weight is 414 g/mol. The number of aromatic nitrogens is 2. The maximum Gasteiger partial charge on any atom is 0.331 e. The van der Waals surface area contributed by atoms with E-state index in [9.17, 15) is 9.18 Å². The second-order valence-electron chi connectivity index (χ2n) is 5.92. The van der Waals surface area contributed by atoms with Crippen molar-refractivity contribution in [2.75, 3.05) is 21.3 Å². The topological polar surface area (TPSA) is 92.9 Å². The minimum absolute atomic E-state index is 0.122. The van der Waals surface area contributed by atoms with Crippen LogP contribution in [0.3, 0.4) is 0 Å². The second-order valence-corrected chi connectivity index (χ2v) is 5.92. The van der Waals surface area contributed by atoms with Gasteiger partial charge in [0.25, 0.3) is 5.89 Å². The number of carbonyl (C=O) groups excluding carboxylic acids is 1. The van der Waals surface area contributed by atoms with Gasteiger partial charge in [0, 0.05) is 11.6 Å². The van der Waals surface area contributed by atoms with Crippen molar-refractivity contribution in [3.05, 3.63) is 59.7 Å². The maximum atomic E-state index is 13.7. The van der Waals surface area contributed by atoms with Crippen molar-refractivity contribution in [2.45, 2.75) is 6.61 Å². The molecule has 0 aliphatic carbocycles. The lowest BCUT2D eigenvalue weighted by Gasteiger charge is -2.07. The molecule has 0 saturated carbocycles. The lowest BCUT2D eigenvalue weighted by Crippen LogP contribution is -2.01. The van der Waals surface area contributed by atoms with E-state index in [0.29, 0.717) is 28.5 Å². The van der Waals surface area contributed by atoms with Gasteiger partial charge < -0.3 is 23.5 Å². The van der Waals surface area contributed by atoms with Gasteiger partial charge in [-0.3, -0.25) is 0 Å². The number of ether oxygens (including phenoxy) is 4. The van der Waals surface area contributed by atoms with Crippen molar-refractivity contribution in [2.24, 2.45) is 0 Å². The molecule has 0 N–H and O–H groups in total. The fraction of sp³-hybridized carbons (Fsp3) is 0.190. The normalized spacial score (nSPS) is 10.8. The summed E-state index contributed by atoms with van der Waals surface area (Å²) in [4.78, 5) is 16.1. The molecular weight excluding hydrogens is 395 g/mol. The first-order chi connectivity index (χ1) is 14.5. The fourth-order valence-electron chi connectivity index (χ4n) is 2.54. The van der Waals surface area contributed by atoms with Gasteiger partial charge in [-0.15, -0.1) is 0 Å². The molecule has 3 rings (SSSR count). The quantitative estimate of drug-likeness (QED) is 0.407. The number of hydrogen-bond donors (Lipinski definition) is 0.